The molecule has 1 atom stereocenters. The number of benzene rings is 2. The van der Waals surface area contributed by atoms with Crippen molar-refractivity contribution in [2.45, 2.75) is 69.2 Å². The average Bonchev–Trinajstić information content (AvgIpc) is 4.07. The van der Waals surface area contributed by atoms with Gasteiger partial charge in [-0.3, -0.25) is 34.4 Å². The van der Waals surface area contributed by atoms with E-state index in [0.717, 1.165) is 24.1 Å². The number of anilines is 4. The molecule has 4 amide bonds. The molecular formula is C42H46ClN9O4. The number of aromatic nitrogens is 3. The van der Waals surface area contributed by atoms with Crippen LogP contribution >= 0.6 is 11.6 Å². The molecule has 4 N–H and O–H groups in total. The van der Waals surface area contributed by atoms with Crippen LogP contribution in [0.5, 0.6) is 0 Å². The minimum absolute atomic E-state index is 0.0580. The van der Waals surface area contributed by atoms with Gasteiger partial charge in [-0.15, -0.1) is 0 Å². The van der Waals surface area contributed by atoms with Crippen LogP contribution in [0.1, 0.15) is 74.3 Å². The summed E-state index contributed by atoms with van der Waals surface area (Å²) in [4.78, 5) is 67.6. The quantitative estimate of drug-likeness (QED) is 0.131. The number of halogens is 1. The lowest BCUT2D eigenvalue weighted by molar-refractivity contribution is -0.135. The SMILES string of the molecule is O=C1CCC(Nc2ccc(C3CCN(C(=O)CN4CCC(C(=O)Nc5cncc(Nc6ncc(Cl)c(-c7cccc(C8CC8)c7)n6)c5)CC4)CC3)cc2)C(=O)N1. The Hall–Kier alpha value is -5.40. The summed E-state index contributed by atoms with van der Waals surface area (Å²) < 4.78 is 0. The molecule has 1 saturated carbocycles. The van der Waals surface area contributed by atoms with Crippen LogP contribution in [0.2, 0.25) is 5.02 Å². The van der Waals surface area contributed by atoms with E-state index in [1.165, 1.54) is 24.0 Å². The highest BCUT2D eigenvalue weighted by Crippen LogP contribution is 2.41. The molecule has 0 radical (unpaired) electrons. The van der Waals surface area contributed by atoms with Gasteiger partial charge in [0.05, 0.1) is 47.2 Å². The van der Waals surface area contributed by atoms with Crippen LogP contribution in [-0.2, 0) is 19.2 Å². The van der Waals surface area contributed by atoms with E-state index in [2.05, 4.69) is 60.4 Å². The molecule has 14 heteroatoms. The highest BCUT2D eigenvalue weighted by atomic mass is 35.5. The van der Waals surface area contributed by atoms with E-state index in [9.17, 15) is 19.2 Å². The number of nitrogens with one attached hydrogen (secondary N) is 4. The summed E-state index contributed by atoms with van der Waals surface area (Å²) in [5.41, 5.74) is 6.19. The normalized spacial score (nSPS) is 19.7. The topological polar surface area (TPSA) is 162 Å². The minimum Gasteiger partial charge on any atom is -0.374 e. The summed E-state index contributed by atoms with van der Waals surface area (Å²) in [7, 11) is 0. The van der Waals surface area contributed by atoms with E-state index < -0.39 is 6.04 Å². The van der Waals surface area contributed by atoms with Crippen molar-refractivity contribution in [1.29, 1.82) is 0 Å². The van der Waals surface area contributed by atoms with Crippen molar-refractivity contribution in [2.24, 2.45) is 5.92 Å². The standard InChI is InChI=1S/C42H46ClN9O4/c43-35-24-45-42(50-39(35)31-3-1-2-30(20-31)27-4-5-27)48-34-21-33(22-44-23-34)47-40(55)29-12-16-51(17-13-29)25-38(54)52-18-14-28(15-19-52)26-6-8-32(9-7-26)46-36-10-11-37(53)49-41(36)56/h1-3,6-9,20-24,27-29,36,46H,4-5,10-19,25H2,(H,47,55)(H,45,48,50)(H,49,53,56). The van der Waals surface area contributed by atoms with E-state index in [-0.39, 0.29) is 29.5 Å². The number of rotatable bonds is 11. The Morgan fingerprint density at radius 1 is 0.804 bits per heavy atom. The number of hydrogen-bond donors (Lipinski definition) is 4. The van der Waals surface area contributed by atoms with Crippen LogP contribution in [0, 0.1) is 5.92 Å². The van der Waals surface area contributed by atoms with Crippen LogP contribution < -0.4 is 21.3 Å². The first-order chi connectivity index (χ1) is 27.2. The number of imide groups is 1. The zero-order chi connectivity index (χ0) is 38.6. The molecule has 3 saturated heterocycles. The third-order valence-electron chi connectivity index (χ3n) is 11.3. The number of carbonyl (C=O) groups excluding carboxylic acids is 4. The number of nitrogens with zero attached hydrogens (tertiary/aromatic N) is 5. The van der Waals surface area contributed by atoms with Gasteiger partial charge >= 0.3 is 0 Å². The Bertz CT molecular complexity index is 2090. The van der Waals surface area contributed by atoms with Crippen LogP contribution in [0.3, 0.4) is 0 Å². The van der Waals surface area contributed by atoms with Gasteiger partial charge in [-0.1, -0.05) is 41.9 Å². The Balaban J connectivity index is 0.770. The zero-order valence-electron chi connectivity index (χ0n) is 31.2. The number of amides is 4. The summed E-state index contributed by atoms with van der Waals surface area (Å²) in [6, 6.07) is 17.9. The molecule has 5 heterocycles. The molecule has 4 fully saturated rings. The Kier molecular flexibility index (Phi) is 11.2. The maximum Gasteiger partial charge on any atom is 0.249 e. The molecular weight excluding hydrogens is 730 g/mol. The summed E-state index contributed by atoms with van der Waals surface area (Å²) in [5.74, 6) is 0.767. The smallest absolute Gasteiger partial charge is 0.249 e. The number of likely N-dealkylation sites (tertiary alicyclic amines) is 2. The van der Waals surface area contributed by atoms with E-state index in [0.29, 0.717) is 98.3 Å². The Morgan fingerprint density at radius 3 is 2.30 bits per heavy atom. The van der Waals surface area contributed by atoms with Crippen molar-refractivity contribution in [1.82, 2.24) is 30.1 Å². The second kappa shape index (κ2) is 16.8. The van der Waals surface area contributed by atoms with Gasteiger partial charge in [0.25, 0.3) is 0 Å². The fourth-order valence-corrected chi connectivity index (χ4v) is 8.13. The van der Waals surface area contributed by atoms with Crippen molar-refractivity contribution >= 4 is 58.2 Å². The number of carbonyl (C=O) groups is 4. The highest BCUT2D eigenvalue weighted by Gasteiger charge is 2.30. The van der Waals surface area contributed by atoms with Gasteiger partial charge in [-0.2, -0.15) is 0 Å². The average molecular weight is 776 g/mol. The van der Waals surface area contributed by atoms with Gasteiger partial charge in [-0.25, -0.2) is 9.97 Å². The van der Waals surface area contributed by atoms with Crippen molar-refractivity contribution < 1.29 is 19.2 Å². The van der Waals surface area contributed by atoms with E-state index >= 15 is 0 Å². The molecule has 1 unspecified atom stereocenters. The predicted octanol–water partition coefficient (Wildman–Crippen LogP) is 6.09. The summed E-state index contributed by atoms with van der Waals surface area (Å²) >= 11 is 6.51. The van der Waals surface area contributed by atoms with Crippen molar-refractivity contribution in [3.63, 3.8) is 0 Å². The molecule has 2 aromatic carbocycles. The highest BCUT2D eigenvalue weighted by molar-refractivity contribution is 6.32. The molecule has 2 aromatic heterocycles. The van der Waals surface area contributed by atoms with Crippen LogP contribution in [-0.4, -0.2) is 87.1 Å². The number of piperidine rings is 3. The molecule has 4 aromatic rings. The maximum absolute atomic E-state index is 13.3. The van der Waals surface area contributed by atoms with Gasteiger partial charge in [-0.05, 0) is 105 Å². The number of pyridine rings is 1. The van der Waals surface area contributed by atoms with Crippen molar-refractivity contribution in [3.05, 3.63) is 89.3 Å². The largest absolute Gasteiger partial charge is 0.374 e. The van der Waals surface area contributed by atoms with Crippen molar-refractivity contribution in [3.8, 4) is 11.3 Å². The molecule has 290 valence electrons. The molecule has 3 aliphatic heterocycles. The van der Waals surface area contributed by atoms with Gasteiger partial charge in [0, 0.05) is 36.7 Å². The Morgan fingerprint density at radius 2 is 1.55 bits per heavy atom. The molecule has 8 rings (SSSR count). The lowest BCUT2D eigenvalue weighted by Gasteiger charge is -2.35. The van der Waals surface area contributed by atoms with Gasteiger partial charge in [0.2, 0.25) is 29.6 Å². The second-order valence-corrected chi connectivity index (χ2v) is 15.7. The fraction of sp³-hybridized carbons (Fsp3) is 0.405. The lowest BCUT2D eigenvalue weighted by Crippen LogP contribution is -2.47. The minimum atomic E-state index is -0.410. The molecule has 13 nitrogen and oxygen atoms in total. The van der Waals surface area contributed by atoms with Crippen LogP contribution in [0.4, 0.5) is 23.0 Å². The summed E-state index contributed by atoms with van der Waals surface area (Å²) in [6.45, 7) is 3.14. The molecule has 0 bridgehead atoms. The van der Waals surface area contributed by atoms with E-state index in [1.54, 1.807) is 18.6 Å². The first-order valence-electron chi connectivity index (χ1n) is 19.6. The van der Waals surface area contributed by atoms with Gasteiger partial charge in [0.15, 0.2) is 0 Å². The zero-order valence-corrected chi connectivity index (χ0v) is 31.9. The summed E-state index contributed by atoms with van der Waals surface area (Å²) in [6.07, 6.45) is 11.2. The van der Waals surface area contributed by atoms with Gasteiger partial charge < -0.3 is 20.9 Å². The molecule has 0 spiro atoms. The maximum atomic E-state index is 13.3. The van der Waals surface area contributed by atoms with Crippen LogP contribution in [0.15, 0.2) is 73.2 Å². The van der Waals surface area contributed by atoms with Crippen LogP contribution in [0.25, 0.3) is 11.3 Å². The third-order valence-corrected chi connectivity index (χ3v) is 11.6. The second-order valence-electron chi connectivity index (χ2n) is 15.3. The lowest BCUT2D eigenvalue weighted by atomic mass is 9.89. The third kappa shape index (κ3) is 9.17. The fourth-order valence-electron chi connectivity index (χ4n) is 7.93. The molecule has 1 aliphatic carbocycles. The van der Waals surface area contributed by atoms with E-state index in [1.807, 2.05) is 35.2 Å². The first kappa shape index (κ1) is 37.5. The monoisotopic (exact) mass is 775 g/mol. The Labute approximate surface area is 331 Å². The van der Waals surface area contributed by atoms with Crippen molar-refractivity contribution in [2.75, 3.05) is 48.7 Å². The van der Waals surface area contributed by atoms with E-state index in [4.69, 9.17) is 16.6 Å². The summed E-state index contributed by atoms with van der Waals surface area (Å²) in [5, 5.41) is 12.3. The molecule has 4 aliphatic rings. The first-order valence-corrected chi connectivity index (χ1v) is 20.0. The molecule has 56 heavy (non-hydrogen) atoms. The predicted molar refractivity (Wildman–Crippen MR) is 215 cm³/mol. The number of hydrogen-bond acceptors (Lipinski definition) is 10. The van der Waals surface area contributed by atoms with Gasteiger partial charge in [0.1, 0.15) is 6.04 Å².